The lowest BCUT2D eigenvalue weighted by Crippen LogP contribution is -2.41. The SMILES string of the molecule is Cn1cccc1C(=O)NCC(C)(C)n1cccn1. The second-order valence-corrected chi connectivity index (χ2v) is 4.95. The Morgan fingerprint density at radius 1 is 1.39 bits per heavy atom. The van der Waals surface area contributed by atoms with Crippen LogP contribution in [0.1, 0.15) is 24.3 Å². The minimum Gasteiger partial charge on any atom is -0.348 e. The van der Waals surface area contributed by atoms with Crippen LogP contribution in [0.15, 0.2) is 36.8 Å². The minimum absolute atomic E-state index is 0.0669. The van der Waals surface area contributed by atoms with E-state index in [-0.39, 0.29) is 11.4 Å². The van der Waals surface area contributed by atoms with Crippen molar-refractivity contribution in [2.75, 3.05) is 6.54 Å². The van der Waals surface area contributed by atoms with Gasteiger partial charge in [0.1, 0.15) is 5.69 Å². The van der Waals surface area contributed by atoms with E-state index in [0.717, 1.165) is 0 Å². The van der Waals surface area contributed by atoms with E-state index in [1.54, 1.807) is 16.8 Å². The molecule has 5 heteroatoms. The minimum atomic E-state index is -0.246. The van der Waals surface area contributed by atoms with E-state index < -0.39 is 0 Å². The number of hydrogen-bond donors (Lipinski definition) is 1. The number of aryl methyl sites for hydroxylation is 1. The Morgan fingerprint density at radius 3 is 2.72 bits per heavy atom. The Morgan fingerprint density at radius 2 is 2.17 bits per heavy atom. The molecule has 0 aliphatic heterocycles. The molecule has 18 heavy (non-hydrogen) atoms. The number of aromatic nitrogens is 3. The maximum absolute atomic E-state index is 12.0. The first-order valence-corrected chi connectivity index (χ1v) is 5.90. The van der Waals surface area contributed by atoms with Gasteiger partial charge in [-0.2, -0.15) is 5.10 Å². The second kappa shape index (κ2) is 4.68. The van der Waals surface area contributed by atoms with Gasteiger partial charge in [-0.15, -0.1) is 0 Å². The van der Waals surface area contributed by atoms with Crippen molar-refractivity contribution in [2.24, 2.45) is 7.05 Å². The van der Waals surface area contributed by atoms with Gasteiger partial charge in [-0.3, -0.25) is 9.48 Å². The van der Waals surface area contributed by atoms with Gasteiger partial charge in [0, 0.05) is 32.2 Å². The van der Waals surface area contributed by atoms with Gasteiger partial charge in [-0.1, -0.05) is 0 Å². The molecule has 0 saturated heterocycles. The molecule has 0 saturated carbocycles. The summed E-state index contributed by atoms with van der Waals surface area (Å²) >= 11 is 0. The highest BCUT2D eigenvalue weighted by molar-refractivity contribution is 5.92. The third kappa shape index (κ3) is 2.45. The second-order valence-electron chi connectivity index (χ2n) is 4.95. The highest BCUT2D eigenvalue weighted by Crippen LogP contribution is 2.12. The van der Waals surface area contributed by atoms with Crippen molar-refractivity contribution in [1.82, 2.24) is 19.7 Å². The maximum atomic E-state index is 12.0. The van der Waals surface area contributed by atoms with E-state index in [1.165, 1.54) is 0 Å². The van der Waals surface area contributed by atoms with Crippen LogP contribution in [0, 0.1) is 0 Å². The fourth-order valence-electron chi connectivity index (χ4n) is 1.79. The number of hydrogen-bond acceptors (Lipinski definition) is 2. The van der Waals surface area contributed by atoms with Gasteiger partial charge in [-0.05, 0) is 32.0 Å². The number of carbonyl (C=O) groups is 1. The van der Waals surface area contributed by atoms with Crippen molar-refractivity contribution in [3.05, 3.63) is 42.5 Å². The molecule has 0 fully saturated rings. The molecule has 0 aromatic carbocycles. The van der Waals surface area contributed by atoms with E-state index >= 15 is 0 Å². The average molecular weight is 246 g/mol. The monoisotopic (exact) mass is 246 g/mol. The normalized spacial score (nSPS) is 11.5. The predicted octanol–water partition coefficient (Wildman–Crippen LogP) is 1.39. The highest BCUT2D eigenvalue weighted by atomic mass is 16.1. The van der Waals surface area contributed by atoms with Crippen molar-refractivity contribution in [3.8, 4) is 0 Å². The quantitative estimate of drug-likeness (QED) is 0.886. The zero-order chi connectivity index (χ0) is 13.2. The average Bonchev–Trinajstić information content (AvgIpc) is 2.96. The van der Waals surface area contributed by atoms with Gasteiger partial charge in [0.05, 0.1) is 5.54 Å². The Labute approximate surface area is 106 Å². The van der Waals surface area contributed by atoms with Crippen molar-refractivity contribution in [2.45, 2.75) is 19.4 Å². The summed E-state index contributed by atoms with van der Waals surface area (Å²) in [5.41, 5.74) is 0.413. The van der Waals surface area contributed by atoms with Crippen molar-refractivity contribution in [1.29, 1.82) is 0 Å². The number of carbonyl (C=O) groups excluding carboxylic acids is 1. The molecule has 0 bridgehead atoms. The lowest BCUT2D eigenvalue weighted by atomic mass is 10.1. The third-order valence-corrected chi connectivity index (χ3v) is 2.98. The molecule has 0 aliphatic carbocycles. The molecule has 2 heterocycles. The van der Waals surface area contributed by atoms with E-state index in [1.807, 2.05) is 50.1 Å². The molecule has 1 N–H and O–H groups in total. The van der Waals surface area contributed by atoms with Gasteiger partial charge in [0.15, 0.2) is 0 Å². The summed E-state index contributed by atoms with van der Waals surface area (Å²) in [6.07, 6.45) is 5.49. The van der Waals surface area contributed by atoms with Crippen LogP contribution in [0.5, 0.6) is 0 Å². The molecule has 5 nitrogen and oxygen atoms in total. The summed E-state index contributed by atoms with van der Waals surface area (Å²) in [4.78, 5) is 12.0. The topological polar surface area (TPSA) is 51.9 Å². The van der Waals surface area contributed by atoms with E-state index in [2.05, 4.69) is 10.4 Å². The molecule has 96 valence electrons. The first-order valence-electron chi connectivity index (χ1n) is 5.90. The van der Waals surface area contributed by atoms with E-state index in [4.69, 9.17) is 0 Å². The lowest BCUT2D eigenvalue weighted by molar-refractivity contribution is 0.0927. The standard InChI is InChI=1S/C13H18N4O/c1-13(2,17-9-5-7-15-17)10-14-12(18)11-6-4-8-16(11)3/h4-9H,10H2,1-3H3,(H,14,18). The lowest BCUT2D eigenvalue weighted by Gasteiger charge is -2.25. The summed E-state index contributed by atoms with van der Waals surface area (Å²) in [6.45, 7) is 4.59. The Balaban J connectivity index is 2.00. The van der Waals surface area contributed by atoms with Crippen LogP contribution in [0.25, 0.3) is 0 Å². The predicted molar refractivity (Wildman–Crippen MR) is 69.3 cm³/mol. The van der Waals surface area contributed by atoms with Crippen LogP contribution in [-0.4, -0.2) is 26.8 Å². The fourth-order valence-corrected chi connectivity index (χ4v) is 1.79. The van der Waals surface area contributed by atoms with Crippen LogP contribution >= 0.6 is 0 Å². The fraction of sp³-hybridized carbons (Fsp3) is 0.385. The van der Waals surface area contributed by atoms with Gasteiger partial charge < -0.3 is 9.88 Å². The number of rotatable bonds is 4. The summed E-state index contributed by atoms with van der Waals surface area (Å²) in [7, 11) is 1.85. The first-order chi connectivity index (χ1) is 8.50. The zero-order valence-electron chi connectivity index (χ0n) is 10.9. The van der Waals surface area contributed by atoms with Crippen LogP contribution in [0.2, 0.25) is 0 Å². The molecule has 0 radical (unpaired) electrons. The van der Waals surface area contributed by atoms with Crippen LogP contribution in [-0.2, 0) is 12.6 Å². The molecule has 1 amide bonds. The summed E-state index contributed by atoms with van der Waals surface area (Å²) in [5, 5.41) is 7.14. The van der Waals surface area contributed by atoms with Crippen LogP contribution in [0.4, 0.5) is 0 Å². The number of nitrogens with zero attached hydrogens (tertiary/aromatic N) is 3. The van der Waals surface area contributed by atoms with Crippen LogP contribution in [0.3, 0.4) is 0 Å². The zero-order valence-corrected chi connectivity index (χ0v) is 10.9. The first kappa shape index (κ1) is 12.4. The third-order valence-electron chi connectivity index (χ3n) is 2.98. The van der Waals surface area contributed by atoms with Crippen molar-refractivity contribution >= 4 is 5.91 Å². The maximum Gasteiger partial charge on any atom is 0.267 e. The molecule has 0 unspecified atom stereocenters. The Bertz CT molecular complexity index is 525. The Hall–Kier alpha value is -2.04. The smallest absolute Gasteiger partial charge is 0.267 e. The van der Waals surface area contributed by atoms with E-state index in [9.17, 15) is 4.79 Å². The molecule has 0 atom stereocenters. The number of nitrogens with one attached hydrogen (secondary N) is 1. The Kier molecular flexibility index (Phi) is 3.23. The van der Waals surface area contributed by atoms with Crippen molar-refractivity contribution in [3.63, 3.8) is 0 Å². The van der Waals surface area contributed by atoms with E-state index in [0.29, 0.717) is 12.2 Å². The summed E-state index contributed by atoms with van der Waals surface area (Å²) in [5.74, 6) is -0.0669. The molecular weight excluding hydrogens is 228 g/mol. The van der Waals surface area contributed by atoms with Gasteiger partial charge in [0.2, 0.25) is 0 Å². The molecule has 2 rings (SSSR count). The largest absolute Gasteiger partial charge is 0.348 e. The van der Waals surface area contributed by atoms with Gasteiger partial charge in [0.25, 0.3) is 5.91 Å². The van der Waals surface area contributed by atoms with Gasteiger partial charge in [-0.25, -0.2) is 0 Å². The molecule has 2 aromatic rings. The molecule has 0 aliphatic rings. The molecular formula is C13H18N4O. The van der Waals surface area contributed by atoms with Gasteiger partial charge >= 0.3 is 0 Å². The molecule has 0 spiro atoms. The van der Waals surface area contributed by atoms with Crippen molar-refractivity contribution < 1.29 is 4.79 Å². The molecule has 2 aromatic heterocycles. The number of amides is 1. The van der Waals surface area contributed by atoms with Crippen LogP contribution < -0.4 is 5.32 Å². The summed E-state index contributed by atoms with van der Waals surface area (Å²) < 4.78 is 3.65. The highest BCUT2D eigenvalue weighted by Gasteiger charge is 2.21. The summed E-state index contributed by atoms with van der Waals surface area (Å²) in [6, 6.07) is 5.53.